The molecule has 20 heavy (non-hydrogen) atoms. The largest absolute Gasteiger partial charge is 0.365 e. The molecule has 0 saturated carbocycles. The van der Waals surface area contributed by atoms with Crippen LogP contribution in [-0.2, 0) is 14.3 Å². The zero-order valence-corrected chi connectivity index (χ0v) is 11.6. The van der Waals surface area contributed by atoms with Crippen molar-refractivity contribution in [3.05, 3.63) is 40.4 Å². The Morgan fingerprint density at radius 3 is 2.15 bits per heavy atom. The van der Waals surface area contributed by atoms with Crippen molar-refractivity contribution in [2.45, 2.75) is 12.2 Å². The zero-order chi connectivity index (χ0) is 14.0. The molecule has 3 aliphatic heterocycles. The minimum Gasteiger partial charge on any atom is -0.365 e. The topological polar surface area (TPSA) is 46.6 Å². The quantitative estimate of drug-likeness (QED) is 0.591. The Kier molecular flexibility index (Phi) is 2.52. The minimum absolute atomic E-state index is 0.249. The Labute approximate surface area is 124 Å². The highest BCUT2D eigenvalue weighted by atomic mass is 35.5. The molecule has 2 saturated heterocycles. The van der Waals surface area contributed by atoms with Crippen molar-refractivity contribution in [1.29, 1.82) is 0 Å². The molecule has 2 amide bonds. The third-order valence-electron chi connectivity index (χ3n) is 4.06. The van der Waals surface area contributed by atoms with Crippen LogP contribution < -0.4 is 4.90 Å². The van der Waals surface area contributed by atoms with Crippen LogP contribution in [0, 0.1) is 11.8 Å². The smallest absolute Gasteiger partial charge is 0.240 e. The molecule has 1 aromatic rings. The summed E-state index contributed by atoms with van der Waals surface area (Å²) in [7, 11) is 0. The number of halogens is 2. The van der Waals surface area contributed by atoms with Crippen LogP contribution in [0.1, 0.15) is 0 Å². The fourth-order valence-electron chi connectivity index (χ4n) is 3.20. The standard InChI is InChI=1S/C14H9Cl2NO3/c15-6-1-2-8(7(16)5-6)17-13(18)11-9-3-4-10(20-9)12(11)14(17)19/h1-5,9-12H/t9-,10-,11-,12-/m1/s1. The number of imide groups is 1. The lowest BCUT2D eigenvalue weighted by molar-refractivity contribution is -0.124. The lowest BCUT2D eigenvalue weighted by Crippen LogP contribution is -2.34. The number of hydrogen-bond donors (Lipinski definition) is 0. The zero-order valence-electron chi connectivity index (χ0n) is 10.1. The van der Waals surface area contributed by atoms with Crippen LogP contribution in [-0.4, -0.2) is 24.0 Å². The number of fused-ring (bicyclic) bond motifs is 5. The molecular formula is C14H9Cl2NO3. The second-order valence-corrected chi connectivity index (χ2v) is 5.95. The Morgan fingerprint density at radius 2 is 1.60 bits per heavy atom. The first-order valence-electron chi connectivity index (χ1n) is 6.24. The fraction of sp³-hybridized carbons (Fsp3) is 0.286. The molecule has 0 radical (unpaired) electrons. The number of carbonyl (C=O) groups is 2. The molecule has 1 aromatic carbocycles. The van der Waals surface area contributed by atoms with Gasteiger partial charge in [-0.2, -0.15) is 0 Å². The molecule has 4 nitrogen and oxygen atoms in total. The van der Waals surface area contributed by atoms with E-state index >= 15 is 0 Å². The third kappa shape index (κ3) is 1.47. The lowest BCUT2D eigenvalue weighted by atomic mass is 9.85. The van der Waals surface area contributed by atoms with E-state index in [9.17, 15) is 9.59 Å². The van der Waals surface area contributed by atoms with Crippen molar-refractivity contribution in [3.63, 3.8) is 0 Å². The summed E-state index contributed by atoms with van der Waals surface area (Å²) < 4.78 is 5.58. The van der Waals surface area contributed by atoms with Crippen LogP contribution >= 0.6 is 23.2 Å². The molecule has 0 N–H and O–H groups in total. The van der Waals surface area contributed by atoms with Gasteiger partial charge in [-0.15, -0.1) is 0 Å². The fourth-order valence-corrected chi connectivity index (χ4v) is 3.70. The second kappa shape index (κ2) is 4.07. The molecule has 0 unspecified atom stereocenters. The van der Waals surface area contributed by atoms with Gasteiger partial charge in [-0.1, -0.05) is 35.4 Å². The van der Waals surface area contributed by atoms with E-state index in [0.717, 1.165) is 0 Å². The first-order chi connectivity index (χ1) is 9.58. The first-order valence-corrected chi connectivity index (χ1v) is 7.00. The van der Waals surface area contributed by atoms with Crippen molar-refractivity contribution < 1.29 is 14.3 Å². The van der Waals surface area contributed by atoms with E-state index in [0.29, 0.717) is 15.7 Å². The molecule has 6 heteroatoms. The van der Waals surface area contributed by atoms with Crippen LogP contribution in [0.2, 0.25) is 10.0 Å². The Hall–Kier alpha value is -1.36. The highest BCUT2D eigenvalue weighted by Crippen LogP contribution is 2.47. The summed E-state index contributed by atoms with van der Waals surface area (Å²) in [6, 6.07) is 4.73. The minimum atomic E-state index is -0.427. The molecule has 4 rings (SSSR count). The van der Waals surface area contributed by atoms with Gasteiger partial charge in [0.2, 0.25) is 11.8 Å². The number of rotatable bonds is 1. The maximum Gasteiger partial charge on any atom is 0.240 e. The van der Waals surface area contributed by atoms with Gasteiger partial charge < -0.3 is 4.74 Å². The molecule has 2 fully saturated rings. The highest BCUT2D eigenvalue weighted by Gasteiger charge is 2.61. The van der Waals surface area contributed by atoms with Gasteiger partial charge in [0.1, 0.15) is 0 Å². The van der Waals surface area contributed by atoms with Crippen LogP contribution in [0.25, 0.3) is 0 Å². The highest BCUT2D eigenvalue weighted by molar-refractivity contribution is 6.38. The van der Waals surface area contributed by atoms with Crippen LogP contribution in [0.15, 0.2) is 30.4 Å². The van der Waals surface area contributed by atoms with Crippen molar-refractivity contribution in [2.75, 3.05) is 4.90 Å². The van der Waals surface area contributed by atoms with Gasteiger partial charge in [0.15, 0.2) is 0 Å². The lowest BCUT2D eigenvalue weighted by Gasteiger charge is -2.18. The molecule has 0 aliphatic carbocycles. The summed E-state index contributed by atoms with van der Waals surface area (Å²) in [6.07, 6.45) is 3.11. The van der Waals surface area contributed by atoms with E-state index in [1.165, 1.54) is 11.0 Å². The van der Waals surface area contributed by atoms with Gasteiger partial charge in [0, 0.05) is 5.02 Å². The van der Waals surface area contributed by atoms with Gasteiger partial charge in [-0.05, 0) is 18.2 Å². The molecule has 3 aliphatic rings. The summed E-state index contributed by atoms with van der Waals surface area (Å²) in [5.74, 6) is -1.35. The van der Waals surface area contributed by atoms with Gasteiger partial charge in [-0.25, -0.2) is 4.90 Å². The molecule has 102 valence electrons. The number of carbonyl (C=O) groups excluding carboxylic acids is 2. The average molecular weight is 310 g/mol. The van der Waals surface area contributed by atoms with Gasteiger partial charge in [0.25, 0.3) is 0 Å². The van der Waals surface area contributed by atoms with E-state index in [2.05, 4.69) is 0 Å². The predicted octanol–water partition coefficient (Wildman–Crippen LogP) is 2.44. The van der Waals surface area contributed by atoms with Crippen LogP contribution in [0.4, 0.5) is 5.69 Å². The summed E-state index contributed by atoms with van der Waals surface area (Å²) in [4.78, 5) is 26.2. The van der Waals surface area contributed by atoms with Gasteiger partial charge in [0.05, 0.1) is 34.8 Å². The SMILES string of the molecule is O=C1[C@H]2[C@H](C(=O)N1c1ccc(Cl)cc1Cl)[C@H]1C=C[C@H]2O1. The predicted molar refractivity (Wildman–Crippen MR) is 73.7 cm³/mol. The number of anilines is 1. The van der Waals surface area contributed by atoms with Gasteiger partial charge in [-0.3, -0.25) is 9.59 Å². The van der Waals surface area contributed by atoms with Crippen molar-refractivity contribution in [2.24, 2.45) is 11.8 Å². The Balaban J connectivity index is 1.78. The maximum absolute atomic E-state index is 12.5. The average Bonchev–Trinajstić information content (AvgIpc) is 3.06. The number of ether oxygens (including phenoxy) is 1. The van der Waals surface area contributed by atoms with E-state index < -0.39 is 11.8 Å². The third-order valence-corrected chi connectivity index (χ3v) is 4.60. The molecule has 0 aromatic heterocycles. The second-order valence-electron chi connectivity index (χ2n) is 5.11. The molecule has 3 heterocycles. The molecule has 0 spiro atoms. The molecule has 2 bridgehead atoms. The maximum atomic E-state index is 12.5. The first kappa shape index (κ1) is 12.4. The van der Waals surface area contributed by atoms with E-state index in [-0.39, 0.29) is 24.0 Å². The summed E-state index contributed by atoms with van der Waals surface area (Å²) in [5, 5.41) is 0.753. The summed E-state index contributed by atoms with van der Waals surface area (Å²) in [5.41, 5.74) is 0.389. The van der Waals surface area contributed by atoms with Crippen LogP contribution in [0.3, 0.4) is 0 Å². The van der Waals surface area contributed by atoms with Gasteiger partial charge >= 0.3 is 0 Å². The molecular weight excluding hydrogens is 301 g/mol. The monoisotopic (exact) mass is 309 g/mol. The number of nitrogens with zero attached hydrogens (tertiary/aromatic N) is 1. The molecule has 4 atom stereocenters. The summed E-state index contributed by atoms with van der Waals surface area (Å²) >= 11 is 12.0. The summed E-state index contributed by atoms with van der Waals surface area (Å²) in [6.45, 7) is 0. The Morgan fingerprint density at radius 1 is 1.00 bits per heavy atom. The van der Waals surface area contributed by atoms with Crippen LogP contribution in [0.5, 0.6) is 0 Å². The van der Waals surface area contributed by atoms with E-state index in [1.807, 2.05) is 12.2 Å². The Bertz CT molecular complexity index is 642. The van der Waals surface area contributed by atoms with E-state index in [1.54, 1.807) is 12.1 Å². The number of benzene rings is 1. The van der Waals surface area contributed by atoms with Crippen molar-refractivity contribution in [1.82, 2.24) is 0 Å². The van der Waals surface area contributed by atoms with Crippen molar-refractivity contribution in [3.8, 4) is 0 Å². The number of amides is 2. The number of hydrogen-bond acceptors (Lipinski definition) is 3. The normalized spacial score (nSPS) is 34.2. The van der Waals surface area contributed by atoms with E-state index in [4.69, 9.17) is 27.9 Å². The van der Waals surface area contributed by atoms with Crippen molar-refractivity contribution >= 4 is 40.7 Å².